The first-order valence-electron chi connectivity index (χ1n) is 8.35. The third kappa shape index (κ3) is 3.55. The van der Waals surface area contributed by atoms with Crippen LogP contribution in [0.5, 0.6) is 0 Å². The molecule has 3 aromatic carbocycles. The molecular formula is C21H14Cl2F2N2. The molecule has 0 N–H and O–H groups in total. The smallest absolute Gasteiger partial charge is 0.148 e. The van der Waals surface area contributed by atoms with Gasteiger partial charge in [0.15, 0.2) is 0 Å². The van der Waals surface area contributed by atoms with Gasteiger partial charge in [-0.3, -0.25) is 5.01 Å². The second-order valence-electron chi connectivity index (χ2n) is 6.24. The van der Waals surface area contributed by atoms with Crippen molar-refractivity contribution in [3.05, 3.63) is 99.5 Å². The Balaban J connectivity index is 1.80. The van der Waals surface area contributed by atoms with Crippen LogP contribution in [0.15, 0.2) is 71.8 Å². The highest BCUT2D eigenvalue weighted by Gasteiger charge is 2.32. The summed E-state index contributed by atoms with van der Waals surface area (Å²) in [7, 11) is 0. The van der Waals surface area contributed by atoms with Crippen LogP contribution < -0.4 is 5.01 Å². The zero-order chi connectivity index (χ0) is 19.0. The summed E-state index contributed by atoms with van der Waals surface area (Å²) in [6.07, 6.45) is 0.501. The van der Waals surface area contributed by atoms with E-state index in [-0.39, 0.29) is 17.7 Å². The van der Waals surface area contributed by atoms with Crippen molar-refractivity contribution in [2.45, 2.75) is 12.5 Å². The summed E-state index contributed by atoms with van der Waals surface area (Å²) < 4.78 is 27.7. The maximum absolute atomic E-state index is 14.5. The van der Waals surface area contributed by atoms with E-state index in [2.05, 4.69) is 5.10 Å². The Labute approximate surface area is 165 Å². The van der Waals surface area contributed by atoms with Crippen LogP contribution in [-0.2, 0) is 0 Å². The fourth-order valence-electron chi connectivity index (χ4n) is 3.20. The Morgan fingerprint density at radius 1 is 0.926 bits per heavy atom. The molecule has 0 spiro atoms. The van der Waals surface area contributed by atoms with Gasteiger partial charge in [-0.15, -0.1) is 0 Å². The molecule has 0 saturated heterocycles. The van der Waals surface area contributed by atoms with Gasteiger partial charge in [0, 0.05) is 16.5 Å². The lowest BCUT2D eigenvalue weighted by molar-refractivity contribution is 0.606. The Kier molecular flexibility index (Phi) is 4.85. The minimum absolute atomic E-state index is 0.299. The highest BCUT2D eigenvalue weighted by Crippen LogP contribution is 2.40. The van der Waals surface area contributed by atoms with Crippen molar-refractivity contribution >= 4 is 34.6 Å². The Bertz CT molecular complexity index is 1020. The molecule has 0 aromatic heterocycles. The third-order valence-electron chi connectivity index (χ3n) is 4.51. The van der Waals surface area contributed by atoms with Crippen LogP contribution in [-0.4, -0.2) is 5.71 Å². The molecule has 1 aliphatic rings. The second kappa shape index (κ2) is 7.29. The van der Waals surface area contributed by atoms with Gasteiger partial charge in [-0.05, 0) is 47.5 Å². The maximum Gasteiger partial charge on any atom is 0.148 e. The molecule has 0 amide bonds. The summed E-state index contributed by atoms with van der Waals surface area (Å²) in [5.74, 6) is -0.697. The van der Waals surface area contributed by atoms with E-state index in [0.717, 1.165) is 16.8 Å². The van der Waals surface area contributed by atoms with Crippen molar-refractivity contribution in [2.75, 3.05) is 5.01 Å². The summed E-state index contributed by atoms with van der Waals surface area (Å²) in [5, 5.41) is 7.28. The van der Waals surface area contributed by atoms with Crippen LogP contribution in [0.3, 0.4) is 0 Å². The molecule has 6 heteroatoms. The second-order valence-corrected chi connectivity index (χ2v) is 7.08. The summed E-state index contributed by atoms with van der Waals surface area (Å²) in [6.45, 7) is 0. The van der Waals surface area contributed by atoms with Gasteiger partial charge >= 0.3 is 0 Å². The van der Waals surface area contributed by atoms with E-state index in [0.29, 0.717) is 22.2 Å². The number of hydrogen-bond acceptors (Lipinski definition) is 2. The number of hydrogen-bond donors (Lipinski definition) is 0. The van der Waals surface area contributed by atoms with Crippen LogP contribution in [0.25, 0.3) is 0 Å². The predicted octanol–water partition coefficient (Wildman–Crippen LogP) is 6.63. The van der Waals surface area contributed by atoms with Crippen molar-refractivity contribution in [1.82, 2.24) is 0 Å². The minimum Gasteiger partial charge on any atom is -0.254 e. The van der Waals surface area contributed by atoms with Gasteiger partial charge in [0.25, 0.3) is 0 Å². The highest BCUT2D eigenvalue weighted by molar-refractivity contribution is 6.35. The van der Waals surface area contributed by atoms with Crippen LogP contribution in [0.1, 0.15) is 23.6 Å². The minimum atomic E-state index is -0.378. The number of hydrazone groups is 1. The lowest BCUT2D eigenvalue weighted by Crippen LogP contribution is -2.20. The highest BCUT2D eigenvalue weighted by atomic mass is 35.5. The van der Waals surface area contributed by atoms with E-state index >= 15 is 0 Å². The van der Waals surface area contributed by atoms with Crippen molar-refractivity contribution in [3.63, 3.8) is 0 Å². The first kappa shape index (κ1) is 18.0. The lowest BCUT2D eigenvalue weighted by Gasteiger charge is -2.25. The first-order valence-corrected chi connectivity index (χ1v) is 9.10. The molecule has 1 heterocycles. The summed E-state index contributed by atoms with van der Waals surface area (Å²) >= 11 is 12.4. The standard InChI is InChI=1S/C21H14Cl2F2N2/c22-14-7-10-16(17(23)11-14)21-12-19(13-5-8-15(24)9-6-13)26-27(21)20-4-2-1-3-18(20)25/h1-11,21H,12H2/t21-/m0/s1. The molecule has 3 aromatic rings. The lowest BCUT2D eigenvalue weighted by atomic mass is 9.98. The SMILES string of the molecule is Fc1ccc(C2=NN(c3ccccc3F)[C@H](c3ccc(Cl)cc3Cl)C2)cc1. The third-order valence-corrected chi connectivity index (χ3v) is 5.07. The van der Waals surface area contributed by atoms with Gasteiger partial charge < -0.3 is 0 Å². The van der Waals surface area contributed by atoms with Gasteiger partial charge in [0.1, 0.15) is 11.6 Å². The monoisotopic (exact) mass is 402 g/mol. The van der Waals surface area contributed by atoms with E-state index in [1.165, 1.54) is 18.2 Å². The summed E-state index contributed by atoms with van der Waals surface area (Å²) in [6, 6.07) is 17.5. The molecule has 1 atom stereocenters. The average Bonchev–Trinajstić information content (AvgIpc) is 3.07. The largest absolute Gasteiger partial charge is 0.254 e. The van der Waals surface area contributed by atoms with Gasteiger partial charge in [0.05, 0.1) is 17.4 Å². The van der Waals surface area contributed by atoms with E-state index in [9.17, 15) is 8.78 Å². The number of para-hydroxylation sites is 1. The molecule has 0 saturated carbocycles. The van der Waals surface area contributed by atoms with Crippen molar-refractivity contribution in [2.24, 2.45) is 5.10 Å². The Morgan fingerprint density at radius 3 is 2.37 bits per heavy atom. The normalized spacial score (nSPS) is 16.5. The zero-order valence-electron chi connectivity index (χ0n) is 14.0. The molecule has 2 nitrogen and oxygen atoms in total. The van der Waals surface area contributed by atoms with Crippen molar-refractivity contribution < 1.29 is 8.78 Å². The molecular weight excluding hydrogens is 389 g/mol. The fraction of sp³-hybridized carbons (Fsp3) is 0.0952. The molecule has 136 valence electrons. The number of nitrogens with zero attached hydrogens (tertiary/aromatic N) is 2. The molecule has 0 bridgehead atoms. The first-order chi connectivity index (χ1) is 13.0. The number of benzene rings is 3. The molecule has 4 rings (SSSR count). The van der Waals surface area contributed by atoms with E-state index in [1.54, 1.807) is 47.5 Å². The molecule has 1 aliphatic heterocycles. The van der Waals surface area contributed by atoms with Crippen LogP contribution >= 0.6 is 23.2 Å². The van der Waals surface area contributed by atoms with Crippen molar-refractivity contribution in [3.8, 4) is 0 Å². The summed E-state index contributed by atoms with van der Waals surface area (Å²) in [5.41, 5.74) is 2.66. The molecule has 27 heavy (non-hydrogen) atoms. The molecule has 0 radical (unpaired) electrons. The van der Waals surface area contributed by atoms with Crippen LogP contribution in [0.2, 0.25) is 10.0 Å². The summed E-state index contributed by atoms with van der Waals surface area (Å²) in [4.78, 5) is 0. The quantitative estimate of drug-likeness (QED) is 0.480. The number of halogens is 4. The topological polar surface area (TPSA) is 15.6 Å². The average molecular weight is 403 g/mol. The maximum atomic E-state index is 14.5. The molecule has 0 unspecified atom stereocenters. The van der Waals surface area contributed by atoms with E-state index < -0.39 is 0 Å². The number of anilines is 1. The van der Waals surface area contributed by atoms with Crippen molar-refractivity contribution in [1.29, 1.82) is 0 Å². The predicted molar refractivity (Wildman–Crippen MR) is 106 cm³/mol. The molecule has 0 fully saturated rings. The van der Waals surface area contributed by atoms with Gasteiger partial charge in [0.2, 0.25) is 0 Å². The van der Waals surface area contributed by atoms with Gasteiger partial charge in [-0.2, -0.15) is 5.10 Å². The Hall–Kier alpha value is -2.43. The zero-order valence-corrected chi connectivity index (χ0v) is 15.6. The molecule has 0 aliphatic carbocycles. The van der Waals surface area contributed by atoms with Gasteiger partial charge in [-0.25, -0.2) is 8.78 Å². The fourth-order valence-corrected chi connectivity index (χ4v) is 3.74. The number of rotatable bonds is 3. The van der Waals surface area contributed by atoms with E-state index in [1.807, 2.05) is 6.07 Å². The Morgan fingerprint density at radius 2 is 1.67 bits per heavy atom. The van der Waals surface area contributed by atoms with Crippen LogP contribution in [0, 0.1) is 11.6 Å². The van der Waals surface area contributed by atoms with E-state index in [4.69, 9.17) is 23.2 Å². The van der Waals surface area contributed by atoms with Crippen LogP contribution in [0.4, 0.5) is 14.5 Å². The van der Waals surface area contributed by atoms with Gasteiger partial charge in [-0.1, -0.05) is 53.5 Å².